The second-order valence-corrected chi connectivity index (χ2v) is 7.97. The third kappa shape index (κ3) is 2.76. The Morgan fingerprint density at radius 3 is 2.71 bits per heavy atom. The first-order chi connectivity index (χ1) is 9.88. The Labute approximate surface area is 128 Å². The Bertz CT molecular complexity index is 512. The summed E-state index contributed by atoms with van der Waals surface area (Å²) in [5, 5.41) is 3.47. The maximum absolute atomic E-state index is 5.04. The molecule has 0 radical (unpaired) electrons. The summed E-state index contributed by atoms with van der Waals surface area (Å²) in [7, 11) is 2.24. The first kappa shape index (κ1) is 15.0. The van der Waals surface area contributed by atoms with Gasteiger partial charge in [0.2, 0.25) is 0 Å². The minimum absolute atomic E-state index is 0.112. The number of aromatic nitrogens is 2. The summed E-state index contributed by atoms with van der Waals surface area (Å²) in [6, 6.07) is 0.616. The summed E-state index contributed by atoms with van der Waals surface area (Å²) in [5.74, 6) is 1.98. The van der Waals surface area contributed by atoms with Crippen LogP contribution in [0.15, 0.2) is 0 Å². The SMILES string of the molecule is CC1CN(C)CCC1n1c(C(C)(C)C)nc2c1CCNC2. The molecule has 2 aliphatic heterocycles. The Morgan fingerprint density at radius 2 is 2.05 bits per heavy atom. The molecule has 1 aromatic heterocycles. The van der Waals surface area contributed by atoms with Crippen LogP contribution >= 0.6 is 0 Å². The van der Waals surface area contributed by atoms with E-state index < -0.39 is 0 Å². The van der Waals surface area contributed by atoms with Gasteiger partial charge >= 0.3 is 0 Å². The van der Waals surface area contributed by atoms with E-state index in [9.17, 15) is 0 Å². The van der Waals surface area contributed by atoms with Gasteiger partial charge in [0.25, 0.3) is 0 Å². The van der Waals surface area contributed by atoms with Crippen LogP contribution in [-0.4, -0.2) is 41.1 Å². The number of fused-ring (bicyclic) bond motifs is 1. The molecule has 4 nitrogen and oxygen atoms in total. The van der Waals surface area contributed by atoms with E-state index in [4.69, 9.17) is 4.98 Å². The van der Waals surface area contributed by atoms with Crippen molar-refractivity contribution < 1.29 is 0 Å². The van der Waals surface area contributed by atoms with Crippen LogP contribution < -0.4 is 5.32 Å². The minimum atomic E-state index is 0.112. The molecule has 2 atom stereocenters. The van der Waals surface area contributed by atoms with Crippen molar-refractivity contribution in [1.29, 1.82) is 0 Å². The molecule has 1 fully saturated rings. The van der Waals surface area contributed by atoms with E-state index in [1.807, 2.05) is 0 Å². The number of imidazole rings is 1. The first-order valence-corrected chi connectivity index (χ1v) is 8.37. The zero-order valence-corrected chi connectivity index (χ0v) is 14.2. The Kier molecular flexibility index (Phi) is 3.87. The number of hydrogen-bond acceptors (Lipinski definition) is 3. The van der Waals surface area contributed by atoms with Crippen LogP contribution in [0.25, 0.3) is 0 Å². The molecule has 0 aliphatic carbocycles. The number of likely N-dealkylation sites (tertiary alicyclic amines) is 1. The Balaban J connectivity index is 2.05. The molecule has 0 spiro atoms. The summed E-state index contributed by atoms with van der Waals surface area (Å²) < 4.78 is 2.63. The van der Waals surface area contributed by atoms with Crippen LogP contribution in [0.3, 0.4) is 0 Å². The van der Waals surface area contributed by atoms with Crippen molar-refractivity contribution in [3.63, 3.8) is 0 Å². The van der Waals surface area contributed by atoms with E-state index in [1.54, 1.807) is 0 Å². The molecular formula is C17H30N4. The highest BCUT2D eigenvalue weighted by Gasteiger charge is 2.34. The van der Waals surface area contributed by atoms with Gasteiger partial charge in [-0.25, -0.2) is 4.98 Å². The third-order valence-electron chi connectivity index (χ3n) is 4.99. The summed E-state index contributed by atoms with van der Waals surface area (Å²) in [5.41, 5.74) is 2.90. The molecule has 4 heteroatoms. The highest BCUT2D eigenvalue weighted by atomic mass is 15.2. The number of hydrogen-bond donors (Lipinski definition) is 1. The zero-order chi connectivity index (χ0) is 15.2. The topological polar surface area (TPSA) is 33.1 Å². The lowest BCUT2D eigenvalue weighted by molar-refractivity contribution is 0.152. The lowest BCUT2D eigenvalue weighted by Gasteiger charge is -2.38. The molecule has 3 heterocycles. The van der Waals surface area contributed by atoms with Crippen molar-refractivity contribution in [2.45, 2.75) is 58.5 Å². The quantitative estimate of drug-likeness (QED) is 0.862. The van der Waals surface area contributed by atoms with Crippen molar-refractivity contribution in [2.75, 3.05) is 26.7 Å². The van der Waals surface area contributed by atoms with Gasteiger partial charge in [-0.1, -0.05) is 27.7 Å². The van der Waals surface area contributed by atoms with E-state index in [2.05, 4.69) is 49.5 Å². The van der Waals surface area contributed by atoms with E-state index in [-0.39, 0.29) is 5.41 Å². The van der Waals surface area contributed by atoms with Crippen molar-refractivity contribution in [3.8, 4) is 0 Å². The van der Waals surface area contributed by atoms with E-state index in [1.165, 1.54) is 36.7 Å². The molecule has 0 bridgehead atoms. The molecule has 0 aromatic carbocycles. The van der Waals surface area contributed by atoms with Gasteiger partial charge in [0.15, 0.2) is 0 Å². The van der Waals surface area contributed by atoms with E-state index >= 15 is 0 Å². The minimum Gasteiger partial charge on any atom is -0.328 e. The Morgan fingerprint density at radius 1 is 1.29 bits per heavy atom. The van der Waals surface area contributed by atoms with E-state index in [0.29, 0.717) is 12.0 Å². The van der Waals surface area contributed by atoms with Crippen molar-refractivity contribution in [1.82, 2.24) is 19.8 Å². The molecule has 3 rings (SSSR count). The second kappa shape index (κ2) is 5.40. The molecule has 2 aliphatic rings. The van der Waals surface area contributed by atoms with Gasteiger partial charge in [-0.3, -0.25) is 0 Å². The van der Waals surface area contributed by atoms with Gasteiger partial charge in [-0.2, -0.15) is 0 Å². The largest absolute Gasteiger partial charge is 0.328 e. The lowest BCUT2D eigenvalue weighted by atomic mass is 9.90. The average molecular weight is 290 g/mol. The molecule has 0 amide bonds. The van der Waals surface area contributed by atoms with Gasteiger partial charge in [0, 0.05) is 43.2 Å². The highest BCUT2D eigenvalue weighted by molar-refractivity contribution is 5.25. The Hall–Kier alpha value is -0.870. The number of piperidine rings is 1. The van der Waals surface area contributed by atoms with Crippen LogP contribution in [0.2, 0.25) is 0 Å². The first-order valence-electron chi connectivity index (χ1n) is 8.37. The number of rotatable bonds is 1. The third-order valence-corrected chi connectivity index (χ3v) is 4.99. The standard InChI is InChI=1S/C17H30N4/c1-12-11-20(5)9-7-14(12)21-15-6-8-18-10-13(15)19-16(21)17(2,3)4/h12,14,18H,6-11H2,1-5H3. The highest BCUT2D eigenvalue weighted by Crippen LogP contribution is 2.35. The lowest BCUT2D eigenvalue weighted by Crippen LogP contribution is -2.40. The van der Waals surface area contributed by atoms with Gasteiger partial charge in [0.1, 0.15) is 5.82 Å². The molecule has 21 heavy (non-hydrogen) atoms. The van der Waals surface area contributed by atoms with Crippen molar-refractivity contribution in [3.05, 3.63) is 17.2 Å². The molecule has 1 aromatic rings. The maximum Gasteiger partial charge on any atom is 0.114 e. The molecule has 2 unspecified atom stereocenters. The zero-order valence-electron chi connectivity index (χ0n) is 14.2. The predicted molar refractivity (Wildman–Crippen MR) is 86.7 cm³/mol. The van der Waals surface area contributed by atoms with Crippen LogP contribution in [0.1, 0.15) is 57.4 Å². The fraction of sp³-hybridized carbons (Fsp3) is 0.824. The molecule has 118 valence electrons. The van der Waals surface area contributed by atoms with Crippen LogP contribution in [-0.2, 0) is 18.4 Å². The molecule has 0 saturated carbocycles. The van der Waals surface area contributed by atoms with Gasteiger partial charge in [0.05, 0.1) is 5.69 Å². The van der Waals surface area contributed by atoms with Gasteiger partial charge in [-0.05, 0) is 25.9 Å². The van der Waals surface area contributed by atoms with Gasteiger partial charge < -0.3 is 14.8 Å². The molecule has 1 saturated heterocycles. The average Bonchev–Trinajstić information content (AvgIpc) is 2.78. The smallest absolute Gasteiger partial charge is 0.114 e. The summed E-state index contributed by atoms with van der Waals surface area (Å²) in [6.45, 7) is 13.7. The summed E-state index contributed by atoms with van der Waals surface area (Å²) in [6.07, 6.45) is 2.37. The predicted octanol–water partition coefficient (Wildman–Crippen LogP) is 2.34. The van der Waals surface area contributed by atoms with E-state index in [0.717, 1.165) is 19.5 Å². The van der Waals surface area contributed by atoms with Crippen LogP contribution in [0.5, 0.6) is 0 Å². The molecular weight excluding hydrogens is 260 g/mol. The fourth-order valence-electron chi connectivity index (χ4n) is 3.94. The van der Waals surface area contributed by atoms with Crippen molar-refractivity contribution >= 4 is 0 Å². The number of nitrogens with zero attached hydrogens (tertiary/aromatic N) is 3. The fourth-order valence-corrected chi connectivity index (χ4v) is 3.94. The van der Waals surface area contributed by atoms with Gasteiger partial charge in [-0.15, -0.1) is 0 Å². The maximum atomic E-state index is 5.04. The van der Waals surface area contributed by atoms with Crippen LogP contribution in [0.4, 0.5) is 0 Å². The van der Waals surface area contributed by atoms with Crippen LogP contribution in [0, 0.1) is 5.92 Å². The summed E-state index contributed by atoms with van der Waals surface area (Å²) >= 11 is 0. The monoisotopic (exact) mass is 290 g/mol. The second-order valence-electron chi connectivity index (χ2n) is 7.97. The summed E-state index contributed by atoms with van der Waals surface area (Å²) in [4.78, 5) is 7.50. The number of nitrogens with one attached hydrogen (secondary N) is 1. The van der Waals surface area contributed by atoms with Crippen molar-refractivity contribution in [2.24, 2.45) is 5.92 Å². The molecule has 1 N–H and O–H groups in total. The normalized spacial score (nSPS) is 27.7.